The van der Waals surface area contributed by atoms with E-state index in [1.54, 1.807) is 4.68 Å². The summed E-state index contributed by atoms with van der Waals surface area (Å²) in [5, 5.41) is 12.1. The second kappa shape index (κ2) is 7.72. The van der Waals surface area contributed by atoms with Gasteiger partial charge in [-0.1, -0.05) is 17.7 Å². The number of rotatable bonds is 5. The zero-order chi connectivity index (χ0) is 18.7. The Labute approximate surface area is 158 Å². The van der Waals surface area contributed by atoms with Crippen LogP contribution in [0.4, 0.5) is 0 Å². The highest BCUT2D eigenvalue weighted by Gasteiger charge is 2.33. The predicted octanol–water partition coefficient (Wildman–Crippen LogP) is 1.88. The van der Waals surface area contributed by atoms with E-state index < -0.39 is 5.41 Å². The molecular formula is C18H25ClN6O. The fourth-order valence-electron chi connectivity index (χ4n) is 2.99. The number of benzene rings is 1. The molecule has 8 heteroatoms. The third-order valence-electron chi connectivity index (χ3n) is 4.75. The molecule has 0 aliphatic carbocycles. The van der Waals surface area contributed by atoms with Crippen molar-refractivity contribution in [3.63, 3.8) is 0 Å². The molecule has 1 aromatic heterocycles. The fourth-order valence-corrected chi connectivity index (χ4v) is 3.10. The highest BCUT2D eigenvalue weighted by molar-refractivity contribution is 6.19. The molecule has 2 heterocycles. The van der Waals surface area contributed by atoms with Gasteiger partial charge in [-0.15, -0.1) is 16.7 Å². The van der Waals surface area contributed by atoms with Gasteiger partial charge in [0.1, 0.15) is 0 Å². The molecule has 1 saturated heterocycles. The summed E-state index contributed by atoms with van der Waals surface area (Å²) < 4.78 is 1.77. The van der Waals surface area contributed by atoms with E-state index in [1.807, 2.05) is 43.0 Å². The number of piperazine rings is 1. The Hall–Kier alpha value is -1.99. The highest BCUT2D eigenvalue weighted by Crippen LogP contribution is 2.22. The van der Waals surface area contributed by atoms with Crippen molar-refractivity contribution in [3.8, 4) is 5.69 Å². The number of carbonyl (C=O) groups is 1. The predicted molar refractivity (Wildman–Crippen MR) is 100 cm³/mol. The average Bonchev–Trinajstić information content (AvgIpc) is 3.10. The Bertz CT molecular complexity index is 749. The molecule has 26 heavy (non-hydrogen) atoms. The lowest BCUT2D eigenvalue weighted by molar-refractivity contribution is -0.141. The Morgan fingerprint density at radius 3 is 2.42 bits per heavy atom. The lowest BCUT2D eigenvalue weighted by Gasteiger charge is -2.37. The molecule has 0 spiro atoms. The maximum Gasteiger partial charge on any atom is 0.229 e. The summed E-state index contributed by atoms with van der Waals surface area (Å²) in [5.74, 6) is 1.25. The van der Waals surface area contributed by atoms with Crippen LogP contribution in [-0.2, 0) is 11.3 Å². The van der Waals surface area contributed by atoms with Crippen LogP contribution in [0.2, 0.25) is 0 Å². The molecule has 1 amide bonds. The molecule has 1 aliphatic rings. The zero-order valence-corrected chi connectivity index (χ0v) is 16.3. The van der Waals surface area contributed by atoms with E-state index in [9.17, 15) is 4.79 Å². The van der Waals surface area contributed by atoms with Crippen LogP contribution in [0, 0.1) is 12.3 Å². The van der Waals surface area contributed by atoms with Crippen molar-refractivity contribution < 1.29 is 4.79 Å². The molecule has 0 radical (unpaired) electrons. The second-order valence-electron chi connectivity index (χ2n) is 7.43. The Kier molecular flexibility index (Phi) is 5.58. The van der Waals surface area contributed by atoms with Crippen LogP contribution < -0.4 is 0 Å². The van der Waals surface area contributed by atoms with Crippen LogP contribution in [0.3, 0.4) is 0 Å². The zero-order valence-electron chi connectivity index (χ0n) is 15.5. The molecule has 140 valence electrons. The van der Waals surface area contributed by atoms with Crippen LogP contribution >= 0.6 is 11.6 Å². The number of nitrogens with zero attached hydrogens (tertiary/aromatic N) is 6. The number of halogens is 1. The summed E-state index contributed by atoms with van der Waals surface area (Å²) in [4.78, 5) is 16.7. The van der Waals surface area contributed by atoms with Gasteiger partial charge >= 0.3 is 0 Å². The molecule has 0 saturated carbocycles. The van der Waals surface area contributed by atoms with E-state index in [4.69, 9.17) is 11.6 Å². The third-order valence-corrected chi connectivity index (χ3v) is 5.42. The van der Waals surface area contributed by atoms with Gasteiger partial charge in [0.15, 0.2) is 5.82 Å². The molecule has 7 nitrogen and oxygen atoms in total. The molecule has 1 aromatic carbocycles. The van der Waals surface area contributed by atoms with Crippen molar-refractivity contribution in [2.75, 3.05) is 32.1 Å². The van der Waals surface area contributed by atoms with E-state index in [0.29, 0.717) is 25.5 Å². The van der Waals surface area contributed by atoms with Gasteiger partial charge in [0, 0.05) is 32.1 Å². The van der Waals surface area contributed by atoms with Gasteiger partial charge in [-0.3, -0.25) is 9.69 Å². The van der Waals surface area contributed by atoms with Crippen LogP contribution in [0.15, 0.2) is 24.3 Å². The summed E-state index contributed by atoms with van der Waals surface area (Å²) in [6.07, 6.45) is 0. The number of tetrazole rings is 1. The minimum atomic E-state index is -0.515. The SMILES string of the molecule is Cc1ccc(-n2nnnc2CN2CCN(C(=O)C(C)(C)CCl)CC2)cc1. The fraction of sp³-hybridized carbons (Fsp3) is 0.556. The molecule has 0 atom stereocenters. The molecule has 1 fully saturated rings. The van der Waals surface area contributed by atoms with Gasteiger partial charge in [0.05, 0.1) is 17.6 Å². The van der Waals surface area contributed by atoms with Gasteiger partial charge in [-0.05, 0) is 43.3 Å². The summed E-state index contributed by atoms with van der Waals surface area (Å²) in [5.41, 5.74) is 1.64. The topological polar surface area (TPSA) is 67.2 Å². The first kappa shape index (κ1) is 18.8. The van der Waals surface area contributed by atoms with Gasteiger partial charge in [-0.25, -0.2) is 0 Å². The second-order valence-corrected chi connectivity index (χ2v) is 7.70. The summed E-state index contributed by atoms with van der Waals surface area (Å²) >= 11 is 5.93. The molecular weight excluding hydrogens is 352 g/mol. The number of aryl methyl sites for hydroxylation is 1. The monoisotopic (exact) mass is 376 g/mol. The third kappa shape index (κ3) is 4.04. The quantitative estimate of drug-likeness (QED) is 0.745. The summed E-state index contributed by atoms with van der Waals surface area (Å²) in [7, 11) is 0. The van der Waals surface area contributed by atoms with Gasteiger partial charge in [0.2, 0.25) is 5.91 Å². The number of amides is 1. The smallest absolute Gasteiger partial charge is 0.229 e. The van der Waals surface area contributed by atoms with Gasteiger partial charge < -0.3 is 4.90 Å². The van der Waals surface area contributed by atoms with E-state index >= 15 is 0 Å². The van der Waals surface area contributed by atoms with E-state index in [2.05, 4.69) is 27.3 Å². The largest absolute Gasteiger partial charge is 0.340 e. The van der Waals surface area contributed by atoms with Crippen molar-refractivity contribution in [2.45, 2.75) is 27.3 Å². The van der Waals surface area contributed by atoms with E-state index in [1.165, 1.54) is 5.56 Å². The van der Waals surface area contributed by atoms with Gasteiger partial charge in [-0.2, -0.15) is 4.68 Å². The minimum absolute atomic E-state index is 0.122. The first-order chi connectivity index (χ1) is 12.4. The van der Waals surface area contributed by atoms with Crippen LogP contribution in [0.5, 0.6) is 0 Å². The molecule has 1 aliphatic heterocycles. The molecule has 2 aromatic rings. The van der Waals surface area contributed by atoms with Crippen molar-refractivity contribution in [2.24, 2.45) is 5.41 Å². The normalized spacial score (nSPS) is 16.1. The molecule has 0 unspecified atom stereocenters. The van der Waals surface area contributed by atoms with Gasteiger partial charge in [0.25, 0.3) is 0 Å². The summed E-state index contributed by atoms with van der Waals surface area (Å²) in [6, 6.07) is 8.12. The van der Waals surface area contributed by atoms with Crippen LogP contribution in [0.1, 0.15) is 25.2 Å². The van der Waals surface area contributed by atoms with Crippen molar-refractivity contribution >= 4 is 17.5 Å². The van der Waals surface area contributed by atoms with Crippen LogP contribution in [0.25, 0.3) is 5.69 Å². The minimum Gasteiger partial charge on any atom is -0.340 e. The molecule has 0 bridgehead atoms. The highest BCUT2D eigenvalue weighted by atomic mass is 35.5. The Balaban J connectivity index is 1.62. The average molecular weight is 377 g/mol. The molecule has 0 N–H and O–H groups in total. The Morgan fingerprint density at radius 1 is 1.15 bits per heavy atom. The number of hydrogen-bond acceptors (Lipinski definition) is 5. The first-order valence-corrected chi connectivity index (χ1v) is 9.36. The Morgan fingerprint density at radius 2 is 1.81 bits per heavy atom. The first-order valence-electron chi connectivity index (χ1n) is 8.83. The molecule has 3 rings (SSSR count). The number of hydrogen-bond donors (Lipinski definition) is 0. The number of alkyl halides is 1. The summed E-state index contributed by atoms with van der Waals surface area (Å²) in [6.45, 7) is 9.49. The van der Waals surface area contributed by atoms with Crippen molar-refractivity contribution in [3.05, 3.63) is 35.7 Å². The maximum absolute atomic E-state index is 12.5. The maximum atomic E-state index is 12.5. The van der Waals surface area contributed by atoms with Crippen molar-refractivity contribution in [1.29, 1.82) is 0 Å². The number of carbonyl (C=O) groups excluding carboxylic acids is 1. The van der Waals surface area contributed by atoms with E-state index in [0.717, 1.165) is 24.6 Å². The van der Waals surface area contributed by atoms with E-state index in [-0.39, 0.29) is 5.91 Å². The number of aromatic nitrogens is 4. The van der Waals surface area contributed by atoms with Crippen LogP contribution in [-0.4, -0.2) is 68.0 Å². The standard InChI is InChI=1S/C18H25ClN6O/c1-14-4-6-15(7-5-14)25-16(20-21-22-25)12-23-8-10-24(11-9-23)17(26)18(2,3)13-19/h4-7H,8-13H2,1-3H3. The lowest BCUT2D eigenvalue weighted by Crippen LogP contribution is -2.52. The lowest BCUT2D eigenvalue weighted by atomic mass is 9.94. The van der Waals surface area contributed by atoms with Crippen molar-refractivity contribution in [1.82, 2.24) is 30.0 Å².